The first-order valence-electron chi connectivity index (χ1n) is 6.94. The molecule has 0 spiro atoms. The summed E-state index contributed by atoms with van der Waals surface area (Å²) in [6, 6.07) is 0. The highest BCUT2D eigenvalue weighted by atomic mass is 35.5. The van der Waals surface area contributed by atoms with Gasteiger partial charge in [-0.05, 0) is 37.0 Å². The van der Waals surface area contributed by atoms with Crippen LogP contribution in [0.2, 0.25) is 5.02 Å². The molecule has 1 saturated carbocycles. The molecule has 0 N–H and O–H groups in total. The molecule has 0 amide bonds. The molecule has 2 fully saturated rings. The van der Waals surface area contributed by atoms with Crippen LogP contribution >= 0.6 is 11.6 Å². The Hall–Kier alpha value is -1.16. The van der Waals surface area contributed by atoms with Gasteiger partial charge in [-0.15, -0.1) is 0 Å². The first-order valence-corrected chi connectivity index (χ1v) is 7.32. The largest absolute Gasteiger partial charge is 0.341 e. The zero-order chi connectivity index (χ0) is 13.2. The maximum Gasteiger partial charge on any atom is 0.225 e. The highest BCUT2D eigenvalue weighted by Gasteiger charge is 2.43. The van der Waals surface area contributed by atoms with Crippen molar-refractivity contribution < 1.29 is 4.79 Å². The molecule has 3 rings (SSSR count). The summed E-state index contributed by atoms with van der Waals surface area (Å²) in [5.41, 5.74) is 0. The van der Waals surface area contributed by atoms with Gasteiger partial charge < -0.3 is 9.69 Å². The molecule has 19 heavy (non-hydrogen) atoms. The van der Waals surface area contributed by atoms with Crippen LogP contribution in [-0.4, -0.2) is 29.3 Å². The number of nitrogens with zero attached hydrogens (tertiary/aromatic N) is 3. The van der Waals surface area contributed by atoms with Crippen molar-refractivity contribution in [3.05, 3.63) is 17.4 Å². The Labute approximate surface area is 118 Å². The number of anilines is 1. The van der Waals surface area contributed by atoms with Crippen LogP contribution in [0.15, 0.2) is 12.4 Å². The van der Waals surface area contributed by atoms with Gasteiger partial charge in [0.2, 0.25) is 5.95 Å². The molecule has 0 bridgehead atoms. The van der Waals surface area contributed by atoms with E-state index >= 15 is 0 Å². The molecule has 2 atom stereocenters. The maximum atomic E-state index is 10.5. The fraction of sp³-hybridized carbons (Fsp3) is 0.643. The third-order valence-corrected chi connectivity index (χ3v) is 4.61. The number of aldehydes is 1. The van der Waals surface area contributed by atoms with Gasteiger partial charge in [0, 0.05) is 19.5 Å². The minimum atomic E-state index is 0.577. The van der Waals surface area contributed by atoms with Crippen LogP contribution in [0.3, 0.4) is 0 Å². The van der Waals surface area contributed by atoms with Crippen LogP contribution in [-0.2, 0) is 4.79 Å². The third kappa shape index (κ3) is 2.89. The van der Waals surface area contributed by atoms with E-state index in [9.17, 15) is 4.79 Å². The van der Waals surface area contributed by atoms with Crippen molar-refractivity contribution in [2.24, 2.45) is 17.8 Å². The first kappa shape index (κ1) is 12.9. The molecule has 2 aliphatic rings. The molecule has 1 unspecified atom stereocenters. The molecule has 1 aliphatic heterocycles. The smallest absolute Gasteiger partial charge is 0.225 e. The van der Waals surface area contributed by atoms with Crippen molar-refractivity contribution in [2.45, 2.75) is 25.7 Å². The summed E-state index contributed by atoms with van der Waals surface area (Å²) in [5, 5.41) is 0.577. The Bertz CT molecular complexity index is 443. The molecule has 1 aromatic heterocycles. The van der Waals surface area contributed by atoms with E-state index in [1.807, 2.05) is 0 Å². The Kier molecular flexibility index (Phi) is 3.69. The van der Waals surface area contributed by atoms with Crippen molar-refractivity contribution in [2.75, 3.05) is 18.0 Å². The number of hydrogen-bond acceptors (Lipinski definition) is 4. The monoisotopic (exact) mass is 279 g/mol. The second-order valence-corrected chi connectivity index (χ2v) is 6.02. The van der Waals surface area contributed by atoms with Crippen LogP contribution in [0.25, 0.3) is 0 Å². The van der Waals surface area contributed by atoms with Crippen molar-refractivity contribution >= 4 is 23.8 Å². The number of aromatic nitrogens is 2. The quantitative estimate of drug-likeness (QED) is 0.795. The van der Waals surface area contributed by atoms with E-state index in [1.54, 1.807) is 12.4 Å². The zero-order valence-electron chi connectivity index (χ0n) is 10.8. The average molecular weight is 280 g/mol. The number of carbonyl (C=O) groups excluding carboxylic acids is 1. The number of halogens is 1. The third-order valence-electron chi connectivity index (χ3n) is 4.41. The van der Waals surface area contributed by atoms with Gasteiger partial charge in [-0.1, -0.05) is 11.6 Å². The van der Waals surface area contributed by atoms with E-state index in [-0.39, 0.29) is 0 Å². The lowest BCUT2D eigenvalue weighted by Gasteiger charge is -2.32. The Morgan fingerprint density at radius 1 is 1.32 bits per heavy atom. The fourth-order valence-corrected chi connectivity index (χ4v) is 3.34. The molecule has 0 radical (unpaired) electrons. The van der Waals surface area contributed by atoms with Crippen LogP contribution in [0.1, 0.15) is 25.7 Å². The molecular weight excluding hydrogens is 262 g/mol. The second-order valence-electron chi connectivity index (χ2n) is 5.59. The molecule has 102 valence electrons. The molecule has 0 aromatic carbocycles. The maximum absolute atomic E-state index is 10.5. The van der Waals surface area contributed by atoms with Gasteiger partial charge >= 0.3 is 0 Å². The van der Waals surface area contributed by atoms with Gasteiger partial charge in [-0.3, -0.25) is 0 Å². The normalized spacial score (nSPS) is 27.3. The Morgan fingerprint density at radius 3 is 2.63 bits per heavy atom. The van der Waals surface area contributed by atoms with Gasteiger partial charge in [0.25, 0.3) is 0 Å². The summed E-state index contributed by atoms with van der Waals surface area (Å²) in [5.74, 6) is 3.02. The van der Waals surface area contributed by atoms with Crippen LogP contribution in [0.4, 0.5) is 5.95 Å². The lowest BCUT2D eigenvalue weighted by atomic mass is 9.91. The molecule has 5 heteroatoms. The topological polar surface area (TPSA) is 46.1 Å². The summed E-state index contributed by atoms with van der Waals surface area (Å²) < 4.78 is 0. The number of piperidine rings is 1. The van der Waals surface area contributed by atoms with E-state index in [2.05, 4.69) is 14.9 Å². The van der Waals surface area contributed by atoms with E-state index in [0.29, 0.717) is 10.9 Å². The second kappa shape index (κ2) is 5.45. The van der Waals surface area contributed by atoms with Crippen LogP contribution in [0, 0.1) is 17.8 Å². The highest BCUT2D eigenvalue weighted by Crippen LogP contribution is 2.49. The summed E-state index contributed by atoms with van der Waals surface area (Å²) in [6.07, 6.45) is 8.75. The number of carbonyl (C=O) groups is 1. The van der Waals surface area contributed by atoms with Crippen molar-refractivity contribution in [3.63, 3.8) is 0 Å². The average Bonchev–Trinajstić information content (AvgIpc) is 3.20. The van der Waals surface area contributed by atoms with Gasteiger partial charge in [-0.25, -0.2) is 9.97 Å². The Morgan fingerprint density at radius 2 is 2.00 bits per heavy atom. The van der Waals surface area contributed by atoms with E-state index in [4.69, 9.17) is 11.6 Å². The van der Waals surface area contributed by atoms with E-state index in [0.717, 1.165) is 43.6 Å². The minimum Gasteiger partial charge on any atom is -0.341 e. The molecule has 1 aliphatic carbocycles. The molecule has 4 nitrogen and oxygen atoms in total. The van der Waals surface area contributed by atoms with Crippen LogP contribution in [0.5, 0.6) is 0 Å². The van der Waals surface area contributed by atoms with E-state index < -0.39 is 0 Å². The van der Waals surface area contributed by atoms with Crippen LogP contribution < -0.4 is 4.90 Å². The van der Waals surface area contributed by atoms with Crippen molar-refractivity contribution in [1.29, 1.82) is 0 Å². The standard InChI is InChI=1S/C14H18ClN3O/c15-12-8-16-14(17-9-12)18-4-1-10(2-5-18)13-7-11(13)3-6-19/h6,8-11,13H,1-5,7H2/t11?,13-/m1/s1. The zero-order valence-corrected chi connectivity index (χ0v) is 11.6. The SMILES string of the molecule is O=CCC1C[C@@H]1C1CCN(c2ncc(Cl)cn2)CC1. The Balaban J connectivity index is 1.52. The fourth-order valence-electron chi connectivity index (χ4n) is 3.24. The number of rotatable bonds is 4. The molecule has 1 aromatic rings. The molecule has 1 saturated heterocycles. The summed E-state index contributed by atoms with van der Waals surface area (Å²) in [6.45, 7) is 2.02. The summed E-state index contributed by atoms with van der Waals surface area (Å²) >= 11 is 5.80. The predicted molar refractivity (Wildman–Crippen MR) is 74.3 cm³/mol. The van der Waals surface area contributed by atoms with E-state index in [1.165, 1.54) is 19.3 Å². The molecular formula is C14H18ClN3O. The summed E-state index contributed by atoms with van der Waals surface area (Å²) in [7, 11) is 0. The first-order chi connectivity index (χ1) is 9.28. The van der Waals surface area contributed by atoms with Gasteiger partial charge in [0.15, 0.2) is 0 Å². The lowest BCUT2D eigenvalue weighted by molar-refractivity contribution is -0.108. The summed E-state index contributed by atoms with van der Waals surface area (Å²) in [4.78, 5) is 21.3. The number of hydrogen-bond donors (Lipinski definition) is 0. The van der Waals surface area contributed by atoms with Gasteiger partial charge in [0.05, 0.1) is 17.4 Å². The molecule has 2 heterocycles. The van der Waals surface area contributed by atoms with Crippen molar-refractivity contribution in [1.82, 2.24) is 9.97 Å². The van der Waals surface area contributed by atoms with Gasteiger partial charge in [0.1, 0.15) is 6.29 Å². The highest BCUT2D eigenvalue weighted by molar-refractivity contribution is 6.30. The lowest BCUT2D eigenvalue weighted by Crippen LogP contribution is -2.35. The van der Waals surface area contributed by atoms with Gasteiger partial charge in [-0.2, -0.15) is 0 Å². The predicted octanol–water partition coefficient (Wildman–Crippen LogP) is 2.57. The van der Waals surface area contributed by atoms with Crippen molar-refractivity contribution in [3.8, 4) is 0 Å². The minimum absolute atomic E-state index is 0.577.